The monoisotopic (exact) mass is 287 g/mol. The van der Waals surface area contributed by atoms with Crippen LogP contribution >= 0.6 is 0 Å². The van der Waals surface area contributed by atoms with Crippen LogP contribution in [0.4, 0.5) is 11.4 Å². The van der Waals surface area contributed by atoms with E-state index in [4.69, 9.17) is 10.4 Å². The highest BCUT2D eigenvalue weighted by Crippen LogP contribution is 2.32. The van der Waals surface area contributed by atoms with Gasteiger partial charge >= 0.3 is 5.97 Å². The minimum atomic E-state index is -0.967. The maximum Gasteiger partial charge on any atom is 0.308 e. The van der Waals surface area contributed by atoms with E-state index in [9.17, 15) is 9.59 Å². The Morgan fingerprint density at radius 1 is 1.57 bits per heavy atom. The van der Waals surface area contributed by atoms with Crippen molar-refractivity contribution in [3.63, 3.8) is 0 Å². The largest absolute Gasteiger partial charge is 0.481 e. The molecular formula is C15H17N3O3. The Kier molecular flexibility index (Phi) is 4.43. The number of carbonyl (C=O) groups is 2. The van der Waals surface area contributed by atoms with Crippen LogP contribution in [0.1, 0.15) is 25.3 Å². The predicted molar refractivity (Wildman–Crippen MR) is 78.0 cm³/mol. The molecule has 0 spiro atoms. The number of nitriles is 1. The van der Waals surface area contributed by atoms with Gasteiger partial charge in [0.1, 0.15) is 0 Å². The third-order valence-electron chi connectivity index (χ3n) is 3.46. The number of benzene rings is 1. The standard InChI is InChI=1S/C15H17N3O3/c1-2-5-17-12-4-3-10(8-16)6-13(12)18-9-11(15(20)21)7-14(18)19/h3-4,6,11,17H,2,5,7,9H2,1H3,(H,20,21). The number of hydrogen-bond acceptors (Lipinski definition) is 4. The first-order valence-corrected chi connectivity index (χ1v) is 6.88. The topological polar surface area (TPSA) is 93.4 Å². The van der Waals surface area contributed by atoms with E-state index < -0.39 is 11.9 Å². The average Bonchev–Trinajstić information content (AvgIpc) is 2.87. The summed E-state index contributed by atoms with van der Waals surface area (Å²) in [7, 11) is 0. The fraction of sp³-hybridized carbons (Fsp3) is 0.400. The molecule has 6 nitrogen and oxygen atoms in total. The number of aliphatic carboxylic acids is 1. The first-order chi connectivity index (χ1) is 10.1. The van der Waals surface area contributed by atoms with E-state index in [1.807, 2.05) is 13.0 Å². The van der Waals surface area contributed by atoms with Gasteiger partial charge in [-0.2, -0.15) is 5.26 Å². The third kappa shape index (κ3) is 3.14. The molecule has 21 heavy (non-hydrogen) atoms. The highest BCUT2D eigenvalue weighted by Gasteiger charge is 2.36. The Balaban J connectivity index is 2.34. The summed E-state index contributed by atoms with van der Waals surface area (Å²) >= 11 is 0. The van der Waals surface area contributed by atoms with Crippen molar-refractivity contribution in [3.05, 3.63) is 23.8 Å². The van der Waals surface area contributed by atoms with E-state index >= 15 is 0 Å². The van der Waals surface area contributed by atoms with Crippen LogP contribution < -0.4 is 10.2 Å². The molecule has 1 aromatic carbocycles. The lowest BCUT2D eigenvalue weighted by Gasteiger charge is -2.21. The summed E-state index contributed by atoms with van der Waals surface area (Å²) < 4.78 is 0. The third-order valence-corrected chi connectivity index (χ3v) is 3.46. The molecule has 1 unspecified atom stereocenters. The van der Waals surface area contributed by atoms with E-state index in [1.165, 1.54) is 4.90 Å². The molecule has 1 saturated heterocycles. The molecule has 1 amide bonds. The van der Waals surface area contributed by atoms with Gasteiger partial charge in [0, 0.05) is 19.5 Å². The number of anilines is 2. The van der Waals surface area contributed by atoms with Gasteiger partial charge in [0.2, 0.25) is 5.91 Å². The molecule has 1 aromatic rings. The van der Waals surface area contributed by atoms with Gasteiger partial charge in [-0.1, -0.05) is 6.92 Å². The predicted octanol–water partition coefficient (Wildman–Crippen LogP) is 1.82. The molecular weight excluding hydrogens is 270 g/mol. The van der Waals surface area contributed by atoms with Crippen molar-refractivity contribution in [2.75, 3.05) is 23.3 Å². The summed E-state index contributed by atoms with van der Waals surface area (Å²) in [6.45, 7) is 2.91. The van der Waals surface area contributed by atoms with Crippen molar-refractivity contribution >= 4 is 23.3 Å². The highest BCUT2D eigenvalue weighted by atomic mass is 16.4. The molecule has 0 aliphatic carbocycles. The van der Waals surface area contributed by atoms with E-state index in [1.54, 1.807) is 18.2 Å². The molecule has 1 atom stereocenters. The van der Waals surface area contributed by atoms with Gasteiger partial charge in [-0.15, -0.1) is 0 Å². The molecule has 1 fully saturated rings. The maximum absolute atomic E-state index is 12.1. The number of carbonyl (C=O) groups excluding carboxylic acids is 1. The number of rotatable bonds is 5. The van der Waals surface area contributed by atoms with Crippen molar-refractivity contribution in [2.24, 2.45) is 5.92 Å². The summed E-state index contributed by atoms with van der Waals surface area (Å²) in [4.78, 5) is 24.6. The summed E-state index contributed by atoms with van der Waals surface area (Å²) in [5.41, 5.74) is 1.77. The van der Waals surface area contributed by atoms with Crippen LogP contribution in [0.2, 0.25) is 0 Å². The van der Waals surface area contributed by atoms with Gasteiger partial charge in [-0.3, -0.25) is 9.59 Å². The number of nitrogens with zero attached hydrogens (tertiary/aromatic N) is 2. The number of nitrogens with one attached hydrogen (secondary N) is 1. The lowest BCUT2D eigenvalue weighted by Crippen LogP contribution is -2.27. The van der Waals surface area contributed by atoms with Crippen LogP contribution in [-0.2, 0) is 9.59 Å². The second kappa shape index (κ2) is 6.27. The SMILES string of the molecule is CCCNc1ccc(C#N)cc1N1CC(C(=O)O)CC1=O. The minimum absolute atomic E-state index is 0.000662. The van der Waals surface area contributed by atoms with E-state index in [0.717, 1.165) is 18.7 Å². The zero-order valence-electron chi connectivity index (χ0n) is 11.8. The van der Waals surface area contributed by atoms with Crippen molar-refractivity contribution in [3.8, 4) is 6.07 Å². The Morgan fingerprint density at radius 2 is 2.33 bits per heavy atom. The quantitative estimate of drug-likeness (QED) is 0.861. The molecule has 1 aliphatic heterocycles. The Bertz CT molecular complexity index is 607. The average molecular weight is 287 g/mol. The summed E-state index contributed by atoms with van der Waals surface area (Å²) in [5, 5.41) is 21.3. The van der Waals surface area contributed by atoms with Crippen molar-refractivity contribution in [1.82, 2.24) is 0 Å². The smallest absolute Gasteiger partial charge is 0.308 e. The summed E-state index contributed by atoms with van der Waals surface area (Å²) in [6.07, 6.45) is 0.921. The molecule has 2 N–H and O–H groups in total. The minimum Gasteiger partial charge on any atom is -0.481 e. The van der Waals surface area contributed by atoms with Gasteiger partial charge in [0.25, 0.3) is 0 Å². The lowest BCUT2D eigenvalue weighted by molar-refractivity contribution is -0.141. The number of carboxylic acid groups (broad SMARTS) is 1. The van der Waals surface area contributed by atoms with E-state index in [2.05, 4.69) is 5.32 Å². The second-order valence-corrected chi connectivity index (χ2v) is 5.01. The lowest BCUT2D eigenvalue weighted by atomic mass is 10.1. The molecule has 0 bridgehead atoms. The zero-order valence-corrected chi connectivity index (χ0v) is 11.8. The number of hydrogen-bond donors (Lipinski definition) is 2. The first-order valence-electron chi connectivity index (χ1n) is 6.88. The summed E-state index contributed by atoms with van der Waals surface area (Å²) in [6, 6.07) is 7.10. The van der Waals surface area contributed by atoms with E-state index in [0.29, 0.717) is 11.3 Å². The fourth-order valence-corrected chi connectivity index (χ4v) is 2.34. The van der Waals surface area contributed by atoms with Crippen molar-refractivity contribution in [2.45, 2.75) is 19.8 Å². The normalized spacial score (nSPS) is 17.6. The van der Waals surface area contributed by atoms with Crippen LogP contribution in [0.5, 0.6) is 0 Å². The molecule has 0 saturated carbocycles. The molecule has 110 valence electrons. The molecule has 6 heteroatoms. The maximum atomic E-state index is 12.1. The molecule has 2 rings (SSSR count). The van der Waals surface area contributed by atoms with Gasteiger partial charge in [0.05, 0.1) is 28.9 Å². The Morgan fingerprint density at radius 3 is 2.90 bits per heavy atom. The van der Waals surface area contributed by atoms with Crippen molar-refractivity contribution in [1.29, 1.82) is 5.26 Å². The fourth-order valence-electron chi connectivity index (χ4n) is 2.34. The van der Waals surface area contributed by atoms with E-state index in [-0.39, 0.29) is 18.9 Å². The van der Waals surface area contributed by atoms with Gasteiger partial charge in [-0.05, 0) is 24.6 Å². The van der Waals surface area contributed by atoms with Crippen LogP contribution in [-0.4, -0.2) is 30.1 Å². The Labute approximate surface area is 123 Å². The van der Waals surface area contributed by atoms with Gasteiger partial charge in [0.15, 0.2) is 0 Å². The van der Waals surface area contributed by atoms with Gasteiger partial charge in [-0.25, -0.2) is 0 Å². The van der Waals surface area contributed by atoms with Crippen LogP contribution in [0.3, 0.4) is 0 Å². The number of amides is 1. The second-order valence-electron chi connectivity index (χ2n) is 5.01. The highest BCUT2D eigenvalue weighted by molar-refractivity contribution is 6.01. The molecule has 0 radical (unpaired) electrons. The zero-order chi connectivity index (χ0) is 15.4. The van der Waals surface area contributed by atoms with Crippen molar-refractivity contribution < 1.29 is 14.7 Å². The van der Waals surface area contributed by atoms with Crippen LogP contribution in [0.15, 0.2) is 18.2 Å². The molecule has 1 aliphatic rings. The first kappa shape index (κ1) is 14.9. The van der Waals surface area contributed by atoms with Crippen LogP contribution in [0, 0.1) is 17.2 Å². The molecule has 0 aromatic heterocycles. The number of carboxylic acids is 1. The summed E-state index contributed by atoms with van der Waals surface area (Å²) in [5.74, 6) is -1.88. The molecule has 1 heterocycles. The van der Waals surface area contributed by atoms with Gasteiger partial charge < -0.3 is 15.3 Å². The van der Waals surface area contributed by atoms with Crippen LogP contribution in [0.25, 0.3) is 0 Å². The Hall–Kier alpha value is -2.55.